The molecular formula is C16H15NO2. The zero-order valence-electron chi connectivity index (χ0n) is 10.6. The van der Waals surface area contributed by atoms with E-state index >= 15 is 0 Å². The minimum atomic E-state index is 0.432. The van der Waals surface area contributed by atoms with Crippen molar-refractivity contribution in [2.45, 2.75) is 6.61 Å². The van der Waals surface area contributed by atoms with Crippen LogP contribution in [-0.2, 0) is 11.3 Å². The van der Waals surface area contributed by atoms with Crippen molar-refractivity contribution in [2.75, 3.05) is 13.2 Å². The fourth-order valence-electron chi connectivity index (χ4n) is 1.67. The zero-order valence-corrected chi connectivity index (χ0v) is 10.6. The summed E-state index contributed by atoms with van der Waals surface area (Å²) in [5.41, 5.74) is 1.57. The molecule has 0 fully saturated rings. The Morgan fingerprint density at radius 1 is 0.895 bits per heavy atom. The summed E-state index contributed by atoms with van der Waals surface area (Å²) in [6.45, 7) is 1.43. The summed E-state index contributed by atoms with van der Waals surface area (Å²) in [6.07, 6.45) is 0. The van der Waals surface area contributed by atoms with E-state index in [0.29, 0.717) is 25.4 Å². The van der Waals surface area contributed by atoms with Crippen molar-refractivity contribution in [3.63, 3.8) is 0 Å². The van der Waals surface area contributed by atoms with E-state index < -0.39 is 0 Å². The first-order chi connectivity index (χ1) is 9.40. The summed E-state index contributed by atoms with van der Waals surface area (Å²) < 4.78 is 11.0. The fraction of sp³-hybridized carbons (Fsp3) is 0.188. The molecule has 0 bridgehead atoms. The lowest BCUT2D eigenvalue weighted by atomic mass is 10.1. The van der Waals surface area contributed by atoms with Crippen molar-refractivity contribution in [3.05, 3.63) is 65.7 Å². The van der Waals surface area contributed by atoms with Gasteiger partial charge in [-0.3, -0.25) is 0 Å². The lowest BCUT2D eigenvalue weighted by molar-refractivity contribution is 0.0888. The van der Waals surface area contributed by atoms with Gasteiger partial charge in [-0.05, 0) is 23.8 Å². The molecule has 0 saturated heterocycles. The number of nitrogens with zero attached hydrogens (tertiary/aromatic N) is 1. The van der Waals surface area contributed by atoms with Crippen molar-refractivity contribution < 1.29 is 9.47 Å². The molecule has 19 heavy (non-hydrogen) atoms. The number of hydrogen-bond acceptors (Lipinski definition) is 3. The smallest absolute Gasteiger partial charge is 0.119 e. The molecule has 0 aromatic heterocycles. The number of rotatable bonds is 6. The van der Waals surface area contributed by atoms with E-state index in [2.05, 4.69) is 6.07 Å². The maximum Gasteiger partial charge on any atom is 0.119 e. The molecule has 2 aromatic rings. The summed E-state index contributed by atoms with van der Waals surface area (Å²) in [5.74, 6) is 0.837. The third-order valence-corrected chi connectivity index (χ3v) is 2.63. The highest BCUT2D eigenvalue weighted by Crippen LogP contribution is 2.10. The Balaban J connectivity index is 1.71. The maximum atomic E-state index is 8.94. The van der Waals surface area contributed by atoms with Crippen molar-refractivity contribution in [2.24, 2.45) is 0 Å². The van der Waals surface area contributed by atoms with Gasteiger partial charge in [0.15, 0.2) is 0 Å². The summed E-state index contributed by atoms with van der Waals surface area (Å²) in [6, 6.07) is 19.2. The normalized spacial score (nSPS) is 9.84. The van der Waals surface area contributed by atoms with E-state index in [-0.39, 0.29) is 0 Å². The second kappa shape index (κ2) is 7.20. The molecule has 0 atom stereocenters. The molecule has 0 spiro atoms. The number of para-hydroxylation sites is 1. The number of hydrogen-bond donors (Lipinski definition) is 0. The molecule has 0 aliphatic carbocycles. The second-order valence-electron chi connectivity index (χ2n) is 3.98. The minimum absolute atomic E-state index is 0.432. The van der Waals surface area contributed by atoms with Gasteiger partial charge in [0.2, 0.25) is 0 Å². The van der Waals surface area contributed by atoms with E-state index in [1.54, 1.807) is 6.07 Å². The molecule has 3 nitrogen and oxygen atoms in total. The maximum absolute atomic E-state index is 8.94. The first-order valence-corrected chi connectivity index (χ1v) is 6.14. The predicted octanol–water partition coefficient (Wildman–Crippen LogP) is 3.15. The van der Waals surface area contributed by atoms with Crippen LogP contribution < -0.4 is 4.74 Å². The van der Waals surface area contributed by atoms with Crippen LogP contribution in [0.15, 0.2) is 54.6 Å². The summed E-state index contributed by atoms with van der Waals surface area (Å²) in [5, 5.41) is 8.94. The average molecular weight is 253 g/mol. The Morgan fingerprint density at radius 3 is 2.42 bits per heavy atom. The molecule has 2 rings (SSSR count). The van der Waals surface area contributed by atoms with Gasteiger partial charge in [-0.15, -0.1) is 0 Å². The Labute approximate surface area is 113 Å². The first kappa shape index (κ1) is 13.1. The molecule has 0 aliphatic rings. The summed E-state index contributed by atoms with van der Waals surface area (Å²) >= 11 is 0. The van der Waals surface area contributed by atoms with Gasteiger partial charge in [0, 0.05) is 0 Å². The molecule has 0 radical (unpaired) electrons. The van der Waals surface area contributed by atoms with Gasteiger partial charge in [-0.1, -0.05) is 36.4 Å². The van der Waals surface area contributed by atoms with E-state index in [1.165, 1.54) is 0 Å². The second-order valence-corrected chi connectivity index (χ2v) is 3.98. The van der Waals surface area contributed by atoms with Crippen molar-refractivity contribution in [1.82, 2.24) is 0 Å². The van der Waals surface area contributed by atoms with E-state index in [0.717, 1.165) is 11.3 Å². The molecule has 2 aromatic carbocycles. The standard InChI is InChI=1S/C16H15NO2/c17-12-14-6-4-5-7-15(14)13-18-10-11-19-16-8-2-1-3-9-16/h1-9H,10-11,13H2. The van der Waals surface area contributed by atoms with E-state index in [4.69, 9.17) is 14.7 Å². The molecule has 3 heteroatoms. The van der Waals surface area contributed by atoms with Crippen molar-refractivity contribution in [3.8, 4) is 11.8 Å². The van der Waals surface area contributed by atoms with Crippen LogP contribution in [0.2, 0.25) is 0 Å². The van der Waals surface area contributed by atoms with Crippen molar-refractivity contribution in [1.29, 1.82) is 5.26 Å². The first-order valence-electron chi connectivity index (χ1n) is 6.14. The molecule has 0 heterocycles. The largest absolute Gasteiger partial charge is 0.491 e. The highest BCUT2D eigenvalue weighted by Gasteiger charge is 2.00. The third kappa shape index (κ3) is 4.13. The van der Waals surface area contributed by atoms with Crippen LogP contribution in [0.4, 0.5) is 0 Å². The van der Waals surface area contributed by atoms with Gasteiger partial charge in [-0.2, -0.15) is 5.26 Å². The van der Waals surface area contributed by atoms with Gasteiger partial charge in [-0.25, -0.2) is 0 Å². The van der Waals surface area contributed by atoms with Gasteiger partial charge in [0.1, 0.15) is 12.4 Å². The van der Waals surface area contributed by atoms with Crippen LogP contribution in [0, 0.1) is 11.3 Å². The average Bonchev–Trinajstić information content (AvgIpc) is 2.48. The van der Waals surface area contributed by atoms with Crippen molar-refractivity contribution >= 4 is 0 Å². The van der Waals surface area contributed by atoms with Gasteiger partial charge in [0.05, 0.1) is 24.8 Å². The summed E-state index contributed by atoms with van der Waals surface area (Å²) in [4.78, 5) is 0. The zero-order chi connectivity index (χ0) is 13.3. The fourth-order valence-corrected chi connectivity index (χ4v) is 1.67. The molecule has 0 saturated carbocycles. The van der Waals surface area contributed by atoms with Gasteiger partial charge >= 0.3 is 0 Å². The topological polar surface area (TPSA) is 42.2 Å². The van der Waals surface area contributed by atoms with Crippen LogP contribution in [0.25, 0.3) is 0 Å². The SMILES string of the molecule is N#Cc1ccccc1COCCOc1ccccc1. The highest BCUT2D eigenvalue weighted by atomic mass is 16.5. The van der Waals surface area contributed by atoms with Crippen LogP contribution in [0.5, 0.6) is 5.75 Å². The molecule has 0 N–H and O–H groups in total. The lowest BCUT2D eigenvalue weighted by Gasteiger charge is -2.07. The number of nitriles is 1. The molecule has 96 valence electrons. The Hall–Kier alpha value is -2.31. The van der Waals surface area contributed by atoms with Crippen LogP contribution in [0.3, 0.4) is 0 Å². The van der Waals surface area contributed by atoms with E-state index in [1.807, 2.05) is 48.5 Å². The number of benzene rings is 2. The van der Waals surface area contributed by atoms with E-state index in [9.17, 15) is 0 Å². The summed E-state index contributed by atoms with van der Waals surface area (Å²) in [7, 11) is 0. The molecule has 0 unspecified atom stereocenters. The lowest BCUT2D eigenvalue weighted by Crippen LogP contribution is -2.07. The Kier molecular flexibility index (Phi) is 4.97. The minimum Gasteiger partial charge on any atom is -0.491 e. The number of ether oxygens (including phenoxy) is 2. The Bertz CT molecular complexity index is 546. The molecule has 0 aliphatic heterocycles. The molecular weight excluding hydrogens is 238 g/mol. The van der Waals surface area contributed by atoms with Crippen LogP contribution in [-0.4, -0.2) is 13.2 Å². The monoisotopic (exact) mass is 253 g/mol. The third-order valence-electron chi connectivity index (χ3n) is 2.63. The Morgan fingerprint density at radius 2 is 1.63 bits per heavy atom. The van der Waals surface area contributed by atoms with Gasteiger partial charge in [0.25, 0.3) is 0 Å². The van der Waals surface area contributed by atoms with Crippen LogP contribution >= 0.6 is 0 Å². The predicted molar refractivity (Wildman–Crippen MR) is 72.8 cm³/mol. The van der Waals surface area contributed by atoms with Gasteiger partial charge < -0.3 is 9.47 Å². The highest BCUT2D eigenvalue weighted by molar-refractivity contribution is 5.36. The molecule has 0 amide bonds. The van der Waals surface area contributed by atoms with Crippen LogP contribution in [0.1, 0.15) is 11.1 Å². The quantitative estimate of drug-likeness (QED) is 0.743.